The lowest BCUT2D eigenvalue weighted by Crippen LogP contribution is -2.36. The molecule has 0 fully saturated rings. The van der Waals surface area contributed by atoms with Crippen LogP contribution in [0.25, 0.3) is 0 Å². The first-order valence-corrected chi connectivity index (χ1v) is 3.73. The summed E-state index contributed by atoms with van der Waals surface area (Å²) in [5.74, 6) is -1.14. The molecule has 0 aliphatic rings. The van der Waals surface area contributed by atoms with Crippen LogP contribution in [-0.4, -0.2) is 34.9 Å². The van der Waals surface area contributed by atoms with Gasteiger partial charge in [0.15, 0.2) is 0 Å². The van der Waals surface area contributed by atoms with Crippen LogP contribution in [0.15, 0.2) is 0 Å². The van der Waals surface area contributed by atoms with Crippen molar-refractivity contribution in [2.75, 3.05) is 6.54 Å². The highest BCUT2D eigenvalue weighted by molar-refractivity contribution is 5.73. The summed E-state index contributed by atoms with van der Waals surface area (Å²) in [5.41, 5.74) is 6.42. The van der Waals surface area contributed by atoms with Crippen LogP contribution in [0.1, 0.15) is 12.8 Å². The molecule has 2 amide bonds. The molecule has 0 aliphatic heterocycles. The average molecular weight is 191 g/mol. The third-order valence-electron chi connectivity index (χ3n) is 1.42. The van der Waals surface area contributed by atoms with Gasteiger partial charge in [0.1, 0.15) is 6.04 Å². The second-order valence-electron chi connectivity index (χ2n) is 2.45. The lowest BCUT2D eigenvalue weighted by Gasteiger charge is -2.09. The fraction of sp³-hybridized carbons (Fsp3) is 0.667. The molecule has 0 bridgehead atoms. The van der Waals surface area contributed by atoms with Crippen molar-refractivity contribution in [3.63, 3.8) is 0 Å². The van der Waals surface area contributed by atoms with Gasteiger partial charge in [-0.25, -0.2) is 4.79 Å². The van der Waals surface area contributed by atoms with Crippen LogP contribution >= 0.6 is 0 Å². The number of urea groups is 1. The molecule has 1 atom stereocenters. The number of hydrogen-bond acceptors (Lipinski definition) is 4. The average Bonchev–Trinajstić information content (AvgIpc) is 2.03. The number of primary amides is 1. The molecule has 0 rings (SSSR count). The topological polar surface area (TPSA) is 125 Å². The lowest BCUT2D eigenvalue weighted by atomic mass is 10.2. The van der Waals surface area contributed by atoms with E-state index in [1.807, 2.05) is 0 Å². The van der Waals surface area contributed by atoms with E-state index in [1.165, 1.54) is 0 Å². The van der Waals surface area contributed by atoms with Gasteiger partial charge < -0.3 is 21.4 Å². The minimum Gasteiger partial charge on any atom is -0.480 e. The lowest BCUT2D eigenvalue weighted by molar-refractivity contribution is -0.142. The number of aliphatic carboxylic acids is 1. The van der Waals surface area contributed by atoms with Crippen LogP contribution in [0.5, 0.6) is 0 Å². The minimum atomic E-state index is -1.14. The maximum atomic E-state index is 10.3. The fourth-order valence-corrected chi connectivity index (χ4v) is 0.761. The van der Waals surface area contributed by atoms with E-state index >= 15 is 0 Å². The molecule has 0 radical (unpaired) electrons. The van der Waals surface area contributed by atoms with Crippen LogP contribution in [0.3, 0.4) is 0 Å². The summed E-state index contributed by atoms with van der Waals surface area (Å²) in [6.45, 7) is 0.292. The summed E-state index contributed by atoms with van der Waals surface area (Å²) in [6, 6.07) is -1.65. The van der Waals surface area contributed by atoms with E-state index in [4.69, 9.17) is 16.0 Å². The Labute approximate surface area is 74.9 Å². The number of hydrogen-bond donors (Lipinski definition) is 5. The zero-order chi connectivity index (χ0) is 10.3. The molecular weight excluding hydrogens is 178 g/mol. The highest BCUT2D eigenvalue weighted by Gasteiger charge is 2.14. The normalized spacial score (nSPS) is 12.1. The molecule has 0 aromatic carbocycles. The van der Waals surface area contributed by atoms with Gasteiger partial charge in [0.25, 0.3) is 0 Å². The Morgan fingerprint density at radius 3 is 2.46 bits per heavy atom. The van der Waals surface area contributed by atoms with E-state index in [0.29, 0.717) is 13.0 Å². The Bertz CT molecular complexity index is 185. The standard InChI is InChI=1S/C6H13N3O4/c7-6(12)8-3-1-2-4(9-13)5(10)11/h4,9,13H,1-3H2,(H,10,11)(H3,7,8,12). The van der Waals surface area contributed by atoms with Gasteiger partial charge >= 0.3 is 12.0 Å². The zero-order valence-electron chi connectivity index (χ0n) is 6.99. The Kier molecular flexibility index (Phi) is 5.57. The van der Waals surface area contributed by atoms with E-state index < -0.39 is 18.0 Å². The van der Waals surface area contributed by atoms with Crippen LogP contribution < -0.4 is 16.5 Å². The van der Waals surface area contributed by atoms with Gasteiger partial charge in [0, 0.05) is 6.54 Å². The summed E-state index contributed by atoms with van der Waals surface area (Å²) in [6.07, 6.45) is 0.638. The predicted molar refractivity (Wildman–Crippen MR) is 43.2 cm³/mol. The predicted octanol–water partition coefficient (Wildman–Crippen LogP) is -1.13. The molecule has 0 spiro atoms. The van der Waals surface area contributed by atoms with Gasteiger partial charge in [0.05, 0.1) is 0 Å². The van der Waals surface area contributed by atoms with Crippen molar-refractivity contribution >= 4 is 12.0 Å². The van der Waals surface area contributed by atoms with Crippen molar-refractivity contribution < 1.29 is 19.9 Å². The highest BCUT2D eigenvalue weighted by atomic mass is 16.5. The van der Waals surface area contributed by atoms with Crippen LogP contribution in [0, 0.1) is 0 Å². The van der Waals surface area contributed by atoms with Gasteiger partial charge in [-0.3, -0.25) is 4.79 Å². The first-order chi connectivity index (χ1) is 6.07. The molecular formula is C6H13N3O4. The van der Waals surface area contributed by atoms with Gasteiger partial charge in [-0.05, 0) is 12.8 Å². The van der Waals surface area contributed by atoms with Crippen LogP contribution in [-0.2, 0) is 4.79 Å². The summed E-state index contributed by atoms with van der Waals surface area (Å²) in [7, 11) is 0. The number of nitrogens with two attached hydrogens (primary N) is 1. The van der Waals surface area contributed by atoms with Gasteiger partial charge in [-0.2, -0.15) is 5.48 Å². The Morgan fingerprint density at radius 2 is 2.08 bits per heavy atom. The summed E-state index contributed by atoms with van der Waals surface area (Å²) < 4.78 is 0. The van der Waals surface area contributed by atoms with E-state index in [0.717, 1.165) is 0 Å². The van der Waals surface area contributed by atoms with Crippen molar-refractivity contribution in [1.82, 2.24) is 10.8 Å². The Morgan fingerprint density at radius 1 is 1.46 bits per heavy atom. The highest BCUT2D eigenvalue weighted by Crippen LogP contribution is 1.95. The van der Waals surface area contributed by atoms with E-state index in [9.17, 15) is 9.59 Å². The number of amides is 2. The first-order valence-electron chi connectivity index (χ1n) is 3.73. The number of rotatable bonds is 6. The Hall–Kier alpha value is -1.34. The summed E-state index contributed by atoms with van der Waals surface area (Å²) in [4.78, 5) is 20.5. The van der Waals surface area contributed by atoms with E-state index in [1.54, 1.807) is 5.48 Å². The van der Waals surface area contributed by atoms with Crippen molar-refractivity contribution in [1.29, 1.82) is 0 Å². The second-order valence-corrected chi connectivity index (χ2v) is 2.45. The number of nitrogens with one attached hydrogen (secondary N) is 2. The summed E-state index contributed by atoms with van der Waals surface area (Å²) in [5, 5.41) is 19.1. The van der Waals surface area contributed by atoms with Crippen molar-refractivity contribution in [3.05, 3.63) is 0 Å². The first kappa shape index (κ1) is 11.7. The SMILES string of the molecule is NC(=O)NCCCC(NO)C(=O)O. The molecule has 0 aromatic rings. The van der Waals surface area contributed by atoms with Crippen LogP contribution in [0.4, 0.5) is 4.79 Å². The number of carboxylic acid groups (broad SMARTS) is 1. The van der Waals surface area contributed by atoms with Crippen molar-refractivity contribution in [2.45, 2.75) is 18.9 Å². The monoisotopic (exact) mass is 191 g/mol. The maximum absolute atomic E-state index is 10.3. The molecule has 7 nitrogen and oxygen atoms in total. The molecule has 0 saturated heterocycles. The smallest absolute Gasteiger partial charge is 0.323 e. The molecule has 76 valence electrons. The molecule has 0 saturated carbocycles. The van der Waals surface area contributed by atoms with Gasteiger partial charge in [-0.15, -0.1) is 0 Å². The third-order valence-corrected chi connectivity index (χ3v) is 1.42. The number of carboxylic acids is 1. The van der Waals surface area contributed by atoms with Gasteiger partial charge in [0.2, 0.25) is 0 Å². The minimum absolute atomic E-state index is 0.214. The zero-order valence-corrected chi connectivity index (χ0v) is 6.99. The van der Waals surface area contributed by atoms with Crippen LogP contribution in [0.2, 0.25) is 0 Å². The molecule has 13 heavy (non-hydrogen) atoms. The van der Waals surface area contributed by atoms with E-state index in [2.05, 4.69) is 5.32 Å². The maximum Gasteiger partial charge on any atom is 0.323 e. The largest absolute Gasteiger partial charge is 0.480 e. The third kappa shape index (κ3) is 5.88. The number of carbonyl (C=O) groups is 2. The molecule has 0 aliphatic carbocycles. The molecule has 0 aromatic heterocycles. The fourth-order valence-electron chi connectivity index (χ4n) is 0.761. The molecule has 1 unspecified atom stereocenters. The van der Waals surface area contributed by atoms with Crippen molar-refractivity contribution in [3.8, 4) is 0 Å². The van der Waals surface area contributed by atoms with Gasteiger partial charge in [-0.1, -0.05) is 0 Å². The molecule has 6 N–H and O–H groups in total. The molecule has 0 heterocycles. The quantitative estimate of drug-likeness (QED) is 0.268. The second kappa shape index (κ2) is 6.21. The molecule has 7 heteroatoms. The number of hydroxylamine groups is 1. The Balaban J connectivity index is 3.50. The van der Waals surface area contributed by atoms with Crippen molar-refractivity contribution in [2.24, 2.45) is 5.73 Å². The summed E-state index contributed by atoms with van der Waals surface area (Å²) >= 11 is 0. The van der Waals surface area contributed by atoms with E-state index in [-0.39, 0.29) is 6.42 Å². The number of carbonyl (C=O) groups excluding carboxylic acids is 1.